The van der Waals surface area contributed by atoms with Crippen LogP contribution in [0.5, 0.6) is 0 Å². The zero-order valence-corrected chi connectivity index (χ0v) is 9.47. The lowest BCUT2D eigenvalue weighted by molar-refractivity contribution is -0.142. The molecule has 0 aromatic rings. The Bertz CT molecular complexity index is 236. The Morgan fingerprint density at radius 3 is 2.47 bits per heavy atom. The van der Waals surface area contributed by atoms with Crippen LogP contribution in [0.4, 0.5) is 0 Å². The van der Waals surface area contributed by atoms with E-state index in [1.807, 2.05) is 13.8 Å². The number of carbonyl (C=O) groups excluding carboxylic acids is 2. The minimum Gasteiger partial charge on any atom is -0.461 e. The second-order valence-corrected chi connectivity index (χ2v) is 3.27. The quantitative estimate of drug-likeness (QED) is 0.514. The molecule has 86 valence electrons. The molecule has 0 aliphatic heterocycles. The SMILES string of the molecule is C=C(COC(=O)CCC)C(=O)NCCC. The van der Waals surface area contributed by atoms with Gasteiger partial charge in [-0.05, 0) is 12.8 Å². The normalized spacial score (nSPS) is 9.47. The van der Waals surface area contributed by atoms with Crippen LogP contribution < -0.4 is 5.32 Å². The molecule has 0 heterocycles. The van der Waals surface area contributed by atoms with Crippen LogP contribution >= 0.6 is 0 Å². The fourth-order valence-electron chi connectivity index (χ4n) is 0.873. The Hall–Kier alpha value is -1.32. The Balaban J connectivity index is 3.73. The summed E-state index contributed by atoms with van der Waals surface area (Å²) >= 11 is 0. The summed E-state index contributed by atoms with van der Waals surface area (Å²) in [7, 11) is 0. The van der Waals surface area contributed by atoms with Crippen molar-refractivity contribution in [2.75, 3.05) is 13.2 Å². The molecule has 0 aromatic carbocycles. The Morgan fingerprint density at radius 1 is 1.27 bits per heavy atom. The van der Waals surface area contributed by atoms with Gasteiger partial charge in [-0.3, -0.25) is 9.59 Å². The molecule has 0 saturated carbocycles. The van der Waals surface area contributed by atoms with Crippen LogP contribution in [0.1, 0.15) is 33.1 Å². The maximum atomic E-state index is 11.3. The molecule has 1 amide bonds. The largest absolute Gasteiger partial charge is 0.461 e. The van der Waals surface area contributed by atoms with Crippen LogP contribution in [0.3, 0.4) is 0 Å². The average Bonchev–Trinajstić information content (AvgIpc) is 2.22. The number of hydrogen-bond donors (Lipinski definition) is 1. The van der Waals surface area contributed by atoms with E-state index in [1.165, 1.54) is 0 Å². The summed E-state index contributed by atoms with van der Waals surface area (Å²) in [6, 6.07) is 0. The van der Waals surface area contributed by atoms with Crippen LogP contribution in [-0.2, 0) is 14.3 Å². The molecule has 15 heavy (non-hydrogen) atoms. The Morgan fingerprint density at radius 2 is 1.93 bits per heavy atom. The maximum absolute atomic E-state index is 11.3. The number of nitrogens with one attached hydrogen (secondary N) is 1. The van der Waals surface area contributed by atoms with Crippen molar-refractivity contribution in [3.63, 3.8) is 0 Å². The first-order chi connectivity index (χ1) is 7.11. The van der Waals surface area contributed by atoms with Crippen LogP contribution in [0, 0.1) is 0 Å². The fraction of sp³-hybridized carbons (Fsp3) is 0.636. The van der Waals surface area contributed by atoms with Gasteiger partial charge in [-0.25, -0.2) is 0 Å². The van der Waals surface area contributed by atoms with Crippen LogP contribution in [0.2, 0.25) is 0 Å². The van der Waals surface area contributed by atoms with Crippen molar-refractivity contribution in [2.24, 2.45) is 0 Å². The van der Waals surface area contributed by atoms with Gasteiger partial charge in [0.25, 0.3) is 0 Å². The number of ether oxygens (including phenoxy) is 1. The minimum absolute atomic E-state index is 0.0195. The molecule has 0 aliphatic carbocycles. The van der Waals surface area contributed by atoms with E-state index in [-0.39, 0.29) is 24.1 Å². The number of esters is 1. The summed E-state index contributed by atoms with van der Waals surface area (Å²) in [5, 5.41) is 2.66. The van der Waals surface area contributed by atoms with E-state index in [0.717, 1.165) is 12.8 Å². The van der Waals surface area contributed by atoms with E-state index in [0.29, 0.717) is 13.0 Å². The lowest BCUT2D eigenvalue weighted by Crippen LogP contribution is -2.27. The number of carbonyl (C=O) groups is 2. The molecule has 4 nitrogen and oxygen atoms in total. The first kappa shape index (κ1) is 13.7. The van der Waals surface area contributed by atoms with Crippen molar-refractivity contribution < 1.29 is 14.3 Å². The lowest BCUT2D eigenvalue weighted by Gasteiger charge is -2.07. The van der Waals surface area contributed by atoms with Gasteiger partial charge in [0.05, 0.1) is 0 Å². The topological polar surface area (TPSA) is 55.4 Å². The molecule has 0 rings (SSSR count). The smallest absolute Gasteiger partial charge is 0.306 e. The first-order valence-corrected chi connectivity index (χ1v) is 5.23. The lowest BCUT2D eigenvalue weighted by atomic mass is 10.3. The summed E-state index contributed by atoms with van der Waals surface area (Å²) in [5.41, 5.74) is 0.285. The molecule has 0 fully saturated rings. The van der Waals surface area contributed by atoms with Crippen molar-refractivity contribution in [1.82, 2.24) is 5.32 Å². The third-order valence-electron chi connectivity index (χ3n) is 1.72. The van der Waals surface area contributed by atoms with E-state index < -0.39 is 0 Å². The summed E-state index contributed by atoms with van der Waals surface area (Å²) in [5.74, 6) is -0.539. The third kappa shape index (κ3) is 6.71. The van der Waals surface area contributed by atoms with E-state index in [9.17, 15) is 9.59 Å². The molecule has 0 aliphatic rings. The molecular formula is C11H19NO3. The minimum atomic E-state index is -0.290. The average molecular weight is 213 g/mol. The van der Waals surface area contributed by atoms with Gasteiger partial charge in [-0.15, -0.1) is 0 Å². The molecular weight excluding hydrogens is 194 g/mol. The van der Waals surface area contributed by atoms with Crippen LogP contribution in [-0.4, -0.2) is 25.0 Å². The maximum Gasteiger partial charge on any atom is 0.306 e. The number of amides is 1. The van der Waals surface area contributed by atoms with E-state index in [1.54, 1.807) is 0 Å². The highest BCUT2D eigenvalue weighted by Crippen LogP contribution is 1.96. The summed E-state index contributed by atoms with van der Waals surface area (Å²) in [6.07, 6.45) is 1.99. The highest BCUT2D eigenvalue weighted by atomic mass is 16.5. The highest BCUT2D eigenvalue weighted by Gasteiger charge is 2.08. The van der Waals surface area contributed by atoms with E-state index in [4.69, 9.17) is 4.74 Å². The van der Waals surface area contributed by atoms with Crippen molar-refractivity contribution in [2.45, 2.75) is 33.1 Å². The molecule has 0 saturated heterocycles. The second kappa shape index (κ2) is 8.03. The number of hydrogen-bond acceptors (Lipinski definition) is 3. The Labute approximate surface area is 90.7 Å². The highest BCUT2D eigenvalue weighted by molar-refractivity contribution is 5.93. The third-order valence-corrected chi connectivity index (χ3v) is 1.72. The molecule has 0 atom stereocenters. The van der Waals surface area contributed by atoms with Gasteiger partial charge in [0.1, 0.15) is 6.61 Å². The summed E-state index contributed by atoms with van der Waals surface area (Å²) < 4.78 is 4.85. The molecule has 1 N–H and O–H groups in total. The molecule has 0 bridgehead atoms. The second-order valence-electron chi connectivity index (χ2n) is 3.27. The monoisotopic (exact) mass is 213 g/mol. The molecule has 0 aromatic heterocycles. The number of rotatable bonds is 7. The molecule has 0 unspecified atom stereocenters. The van der Waals surface area contributed by atoms with E-state index in [2.05, 4.69) is 11.9 Å². The first-order valence-electron chi connectivity index (χ1n) is 5.23. The van der Waals surface area contributed by atoms with Gasteiger partial charge < -0.3 is 10.1 Å². The van der Waals surface area contributed by atoms with Gasteiger partial charge >= 0.3 is 5.97 Å². The van der Waals surface area contributed by atoms with Gasteiger partial charge in [0.2, 0.25) is 5.91 Å². The molecule has 4 heteroatoms. The van der Waals surface area contributed by atoms with Gasteiger partial charge in [0, 0.05) is 18.5 Å². The Kier molecular flexibility index (Phi) is 7.32. The van der Waals surface area contributed by atoms with Crippen LogP contribution in [0.15, 0.2) is 12.2 Å². The van der Waals surface area contributed by atoms with Crippen molar-refractivity contribution in [3.8, 4) is 0 Å². The fourth-order valence-corrected chi connectivity index (χ4v) is 0.873. The zero-order chi connectivity index (χ0) is 11.7. The predicted molar refractivity (Wildman–Crippen MR) is 58.3 cm³/mol. The van der Waals surface area contributed by atoms with Crippen molar-refractivity contribution >= 4 is 11.9 Å². The molecule has 0 spiro atoms. The predicted octanol–water partition coefficient (Wildman–Crippen LogP) is 1.41. The summed E-state index contributed by atoms with van der Waals surface area (Å²) in [6.45, 7) is 8.00. The van der Waals surface area contributed by atoms with Gasteiger partial charge in [-0.1, -0.05) is 20.4 Å². The van der Waals surface area contributed by atoms with E-state index >= 15 is 0 Å². The van der Waals surface area contributed by atoms with Gasteiger partial charge in [0.15, 0.2) is 0 Å². The van der Waals surface area contributed by atoms with Gasteiger partial charge in [-0.2, -0.15) is 0 Å². The van der Waals surface area contributed by atoms with Crippen LogP contribution in [0.25, 0.3) is 0 Å². The zero-order valence-electron chi connectivity index (χ0n) is 9.47. The standard InChI is InChI=1S/C11H19NO3/c1-4-6-10(13)15-8-9(3)11(14)12-7-5-2/h3-8H2,1-2H3,(H,12,14). The molecule has 0 radical (unpaired) electrons. The summed E-state index contributed by atoms with van der Waals surface area (Å²) in [4.78, 5) is 22.3. The van der Waals surface area contributed by atoms with Crippen molar-refractivity contribution in [1.29, 1.82) is 0 Å². The van der Waals surface area contributed by atoms with Crippen molar-refractivity contribution in [3.05, 3.63) is 12.2 Å².